The van der Waals surface area contributed by atoms with Crippen molar-refractivity contribution in [2.24, 2.45) is 5.92 Å². The molecular weight excluding hydrogens is 244 g/mol. The van der Waals surface area contributed by atoms with E-state index in [1.54, 1.807) is 24.3 Å². The van der Waals surface area contributed by atoms with Crippen molar-refractivity contribution in [3.8, 4) is 0 Å². The summed E-state index contributed by atoms with van der Waals surface area (Å²) >= 11 is 5.81. The number of aliphatic carboxylic acids is 1. The van der Waals surface area contributed by atoms with Gasteiger partial charge >= 0.3 is 11.9 Å². The van der Waals surface area contributed by atoms with Crippen LogP contribution >= 0.6 is 11.6 Å². The van der Waals surface area contributed by atoms with Crippen molar-refractivity contribution in [1.29, 1.82) is 0 Å². The van der Waals surface area contributed by atoms with Crippen LogP contribution in [0.15, 0.2) is 24.3 Å². The van der Waals surface area contributed by atoms with E-state index in [2.05, 4.69) is 4.74 Å². The molecule has 0 aliphatic rings. The number of hydrogen-bond donors (Lipinski definition) is 1. The van der Waals surface area contributed by atoms with Crippen LogP contribution in [-0.4, -0.2) is 24.2 Å². The summed E-state index contributed by atoms with van der Waals surface area (Å²) in [5, 5.41) is 9.28. The van der Waals surface area contributed by atoms with Gasteiger partial charge in [-0.3, -0.25) is 9.59 Å². The third kappa shape index (κ3) is 4.44. The Hall–Kier alpha value is -1.55. The Balaban J connectivity index is 2.78. The third-order valence-corrected chi connectivity index (χ3v) is 2.56. The van der Waals surface area contributed by atoms with Crippen LogP contribution in [0.3, 0.4) is 0 Å². The molecule has 0 aliphatic carbocycles. The molecule has 0 aliphatic heterocycles. The fraction of sp³-hybridized carbons (Fsp3) is 0.333. The monoisotopic (exact) mass is 256 g/mol. The number of ether oxygens (including phenoxy) is 1. The van der Waals surface area contributed by atoms with Gasteiger partial charge in [-0.05, 0) is 24.1 Å². The van der Waals surface area contributed by atoms with Crippen LogP contribution in [0.25, 0.3) is 0 Å². The number of rotatable bonds is 5. The summed E-state index contributed by atoms with van der Waals surface area (Å²) < 4.78 is 4.58. The predicted octanol–water partition coefficient (Wildman–Crippen LogP) is 2.15. The Bertz CT molecular complexity index is 417. The lowest BCUT2D eigenvalue weighted by Gasteiger charge is -2.12. The molecule has 0 bridgehead atoms. The van der Waals surface area contributed by atoms with Gasteiger partial charge in [-0.1, -0.05) is 23.7 Å². The summed E-state index contributed by atoms with van der Waals surface area (Å²) in [6, 6.07) is 6.98. The van der Waals surface area contributed by atoms with E-state index in [1.165, 1.54) is 7.11 Å². The molecular formula is C12H13ClO4. The second-order valence-corrected chi connectivity index (χ2v) is 4.09. The van der Waals surface area contributed by atoms with E-state index in [0.29, 0.717) is 11.4 Å². The standard InChI is InChI=1S/C12H13ClO4/c1-17-12(16)9(7-11(14)15)5-8-3-2-4-10(13)6-8/h2-4,6,9H,5,7H2,1H3,(H,14,15)/t9-/m0/s1. The molecule has 17 heavy (non-hydrogen) atoms. The minimum atomic E-state index is -1.03. The van der Waals surface area contributed by atoms with Crippen LogP contribution in [-0.2, 0) is 20.7 Å². The lowest BCUT2D eigenvalue weighted by atomic mass is 9.96. The van der Waals surface area contributed by atoms with E-state index in [-0.39, 0.29) is 6.42 Å². The Morgan fingerprint density at radius 3 is 2.71 bits per heavy atom. The first-order chi connectivity index (χ1) is 8.02. The highest BCUT2D eigenvalue weighted by molar-refractivity contribution is 6.30. The summed E-state index contributed by atoms with van der Waals surface area (Å²) in [5.41, 5.74) is 0.814. The van der Waals surface area contributed by atoms with Crippen molar-refractivity contribution in [3.05, 3.63) is 34.9 Å². The molecule has 0 unspecified atom stereocenters. The number of carbonyl (C=O) groups is 2. The van der Waals surface area contributed by atoms with Gasteiger partial charge in [-0.25, -0.2) is 0 Å². The topological polar surface area (TPSA) is 63.6 Å². The van der Waals surface area contributed by atoms with Gasteiger partial charge in [0.15, 0.2) is 0 Å². The summed E-state index contributed by atoms with van der Waals surface area (Å²) in [6.45, 7) is 0. The highest BCUT2D eigenvalue weighted by Gasteiger charge is 2.22. The molecule has 0 heterocycles. The maximum absolute atomic E-state index is 11.4. The van der Waals surface area contributed by atoms with Gasteiger partial charge in [0.1, 0.15) is 0 Å². The first-order valence-electron chi connectivity index (χ1n) is 5.07. The minimum absolute atomic E-state index is 0.251. The Morgan fingerprint density at radius 2 is 2.18 bits per heavy atom. The van der Waals surface area contributed by atoms with Gasteiger partial charge < -0.3 is 9.84 Å². The third-order valence-electron chi connectivity index (χ3n) is 2.33. The van der Waals surface area contributed by atoms with E-state index in [1.807, 2.05) is 0 Å². The molecule has 0 fully saturated rings. The Morgan fingerprint density at radius 1 is 1.47 bits per heavy atom. The summed E-state index contributed by atoms with van der Waals surface area (Å²) in [5.74, 6) is -2.23. The summed E-state index contributed by atoms with van der Waals surface area (Å²) in [7, 11) is 1.25. The Labute approximate surface area is 104 Å². The highest BCUT2D eigenvalue weighted by Crippen LogP contribution is 2.17. The zero-order chi connectivity index (χ0) is 12.8. The van der Waals surface area contributed by atoms with Gasteiger partial charge in [-0.2, -0.15) is 0 Å². The second-order valence-electron chi connectivity index (χ2n) is 3.65. The van der Waals surface area contributed by atoms with Crippen molar-refractivity contribution in [2.75, 3.05) is 7.11 Å². The van der Waals surface area contributed by atoms with Crippen LogP contribution in [0.2, 0.25) is 5.02 Å². The number of carboxylic acids is 1. The molecule has 5 heteroatoms. The largest absolute Gasteiger partial charge is 0.481 e. The molecule has 0 amide bonds. The van der Waals surface area contributed by atoms with Gasteiger partial charge in [0.25, 0.3) is 0 Å². The second kappa shape index (κ2) is 6.25. The lowest BCUT2D eigenvalue weighted by molar-refractivity contribution is -0.150. The maximum Gasteiger partial charge on any atom is 0.309 e. The average Bonchev–Trinajstić information content (AvgIpc) is 2.26. The fourth-order valence-corrected chi connectivity index (χ4v) is 1.78. The molecule has 0 saturated heterocycles. The van der Waals surface area contributed by atoms with E-state index in [9.17, 15) is 9.59 Å². The number of esters is 1. The van der Waals surface area contributed by atoms with E-state index < -0.39 is 17.9 Å². The van der Waals surface area contributed by atoms with E-state index >= 15 is 0 Å². The number of carbonyl (C=O) groups excluding carboxylic acids is 1. The van der Waals surface area contributed by atoms with Crippen LogP contribution in [0, 0.1) is 5.92 Å². The first-order valence-corrected chi connectivity index (χ1v) is 5.44. The fourth-order valence-electron chi connectivity index (χ4n) is 1.56. The van der Waals surface area contributed by atoms with Crippen LogP contribution in [0.1, 0.15) is 12.0 Å². The molecule has 4 nitrogen and oxygen atoms in total. The molecule has 0 aromatic heterocycles. The lowest BCUT2D eigenvalue weighted by Crippen LogP contribution is -2.22. The van der Waals surface area contributed by atoms with Gasteiger partial charge in [0, 0.05) is 5.02 Å². The molecule has 92 valence electrons. The maximum atomic E-state index is 11.4. The smallest absolute Gasteiger partial charge is 0.309 e. The van der Waals surface area contributed by atoms with Crippen molar-refractivity contribution < 1.29 is 19.4 Å². The molecule has 1 rings (SSSR count). The SMILES string of the molecule is COC(=O)[C@H](CC(=O)O)Cc1cccc(Cl)c1. The van der Waals surface area contributed by atoms with Crippen LogP contribution < -0.4 is 0 Å². The summed E-state index contributed by atoms with van der Waals surface area (Å²) in [4.78, 5) is 22.1. The van der Waals surface area contributed by atoms with Crippen LogP contribution in [0.5, 0.6) is 0 Å². The molecule has 0 radical (unpaired) electrons. The number of methoxy groups -OCH3 is 1. The zero-order valence-corrected chi connectivity index (χ0v) is 10.1. The molecule has 0 saturated carbocycles. The normalized spacial score (nSPS) is 11.9. The highest BCUT2D eigenvalue weighted by atomic mass is 35.5. The summed E-state index contributed by atoms with van der Waals surface area (Å²) in [6.07, 6.45) is 0.0543. The average molecular weight is 257 g/mol. The van der Waals surface area contributed by atoms with Crippen molar-refractivity contribution in [1.82, 2.24) is 0 Å². The molecule has 0 spiro atoms. The Kier molecular flexibility index (Phi) is 4.97. The number of hydrogen-bond acceptors (Lipinski definition) is 3. The van der Waals surface area contributed by atoms with Crippen molar-refractivity contribution in [3.63, 3.8) is 0 Å². The molecule has 1 N–H and O–H groups in total. The minimum Gasteiger partial charge on any atom is -0.481 e. The number of halogens is 1. The number of carboxylic acid groups (broad SMARTS) is 1. The molecule has 1 aromatic carbocycles. The van der Waals surface area contributed by atoms with Gasteiger partial charge in [0.05, 0.1) is 19.4 Å². The van der Waals surface area contributed by atoms with Gasteiger partial charge in [0.2, 0.25) is 0 Å². The van der Waals surface area contributed by atoms with E-state index in [0.717, 1.165) is 5.56 Å². The van der Waals surface area contributed by atoms with Gasteiger partial charge in [-0.15, -0.1) is 0 Å². The number of benzene rings is 1. The zero-order valence-electron chi connectivity index (χ0n) is 9.35. The quantitative estimate of drug-likeness (QED) is 0.820. The molecule has 1 aromatic rings. The van der Waals surface area contributed by atoms with E-state index in [4.69, 9.17) is 16.7 Å². The molecule has 1 atom stereocenters. The van der Waals surface area contributed by atoms with Crippen LogP contribution in [0.4, 0.5) is 0 Å². The predicted molar refractivity (Wildman–Crippen MR) is 62.9 cm³/mol. The first kappa shape index (κ1) is 13.5. The van der Waals surface area contributed by atoms with Crippen molar-refractivity contribution in [2.45, 2.75) is 12.8 Å². The van der Waals surface area contributed by atoms with Crippen molar-refractivity contribution >= 4 is 23.5 Å².